The number of nitrogens with zero attached hydrogens (tertiary/aromatic N) is 1. The number of aromatic amines is 1. The van der Waals surface area contributed by atoms with E-state index < -0.39 is 0 Å². The van der Waals surface area contributed by atoms with Gasteiger partial charge >= 0.3 is 0 Å². The average Bonchev–Trinajstić information content (AvgIpc) is 3.06. The number of hydrogen-bond acceptors (Lipinski definition) is 4. The maximum absolute atomic E-state index is 5.70. The first-order valence-corrected chi connectivity index (χ1v) is 6.64. The van der Waals surface area contributed by atoms with Crippen LogP contribution in [0.15, 0.2) is 35.3 Å². The van der Waals surface area contributed by atoms with Gasteiger partial charge in [-0.25, -0.2) is 0 Å². The number of aromatic nitrogens is 1. The fourth-order valence-electron chi connectivity index (χ4n) is 2.10. The number of rotatable bonds is 5. The summed E-state index contributed by atoms with van der Waals surface area (Å²) in [5.74, 6) is 1.74. The summed E-state index contributed by atoms with van der Waals surface area (Å²) in [6.45, 7) is 3.36. The molecule has 5 heteroatoms. The van der Waals surface area contributed by atoms with Gasteiger partial charge in [-0.3, -0.25) is 4.99 Å². The fourth-order valence-corrected chi connectivity index (χ4v) is 2.10. The summed E-state index contributed by atoms with van der Waals surface area (Å²) < 4.78 is 5.70. The van der Waals surface area contributed by atoms with Crippen LogP contribution < -0.4 is 15.4 Å². The number of nitrogens with one attached hydrogen (secondary N) is 3. The number of ether oxygens (including phenoxy) is 1. The van der Waals surface area contributed by atoms with E-state index in [0.717, 1.165) is 43.4 Å². The highest BCUT2D eigenvalue weighted by atomic mass is 16.5. The Kier molecular flexibility index (Phi) is 3.54. The van der Waals surface area contributed by atoms with Crippen molar-refractivity contribution in [3.05, 3.63) is 30.3 Å². The molecule has 1 aromatic carbocycles. The molecule has 5 nitrogen and oxygen atoms in total. The number of para-hydroxylation sites is 1. The molecule has 0 unspecified atom stereocenters. The summed E-state index contributed by atoms with van der Waals surface area (Å²) in [4.78, 5) is 7.52. The van der Waals surface area contributed by atoms with E-state index in [1.807, 2.05) is 24.3 Å². The van der Waals surface area contributed by atoms with Gasteiger partial charge < -0.3 is 20.4 Å². The molecule has 1 aromatic heterocycles. The Morgan fingerprint density at radius 2 is 2.26 bits per heavy atom. The van der Waals surface area contributed by atoms with Crippen LogP contribution in [0.3, 0.4) is 0 Å². The maximum atomic E-state index is 5.70. The number of guanidine groups is 1. The highest BCUT2D eigenvalue weighted by molar-refractivity contribution is 5.81. The zero-order valence-electron chi connectivity index (χ0n) is 10.8. The third-order valence-electron chi connectivity index (χ3n) is 3.05. The largest absolute Gasteiger partial charge is 0.479 e. The van der Waals surface area contributed by atoms with Gasteiger partial charge in [-0.1, -0.05) is 18.2 Å². The molecule has 0 bridgehead atoms. The number of H-pyrrole nitrogens is 1. The molecule has 0 fully saturated rings. The first kappa shape index (κ1) is 11.9. The molecular weight excluding hydrogens is 240 g/mol. The van der Waals surface area contributed by atoms with Crippen LogP contribution in [-0.2, 0) is 0 Å². The highest BCUT2D eigenvalue weighted by Crippen LogP contribution is 2.19. The van der Waals surface area contributed by atoms with E-state index in [1.54, 1.807) is 0 Å². The molecule has 0 spiro atoms. The van der Waals surface area contributed by atoms with Crippen molar-refractivity contribution in [1.82, 2.24) is 15.6 Å². The molecule has 1 aliphatic rings. The van der Waals surface area contributed by atoms with Gasteiger partial charge in [-0.2, -0.15) is 0 Å². The smallest absolute Gasteiger partial charge is 0.191 e. The predicted octanol–water partition coefficient (Wildman–Crippen LogP) is 1.49. The van der Waals surface area contributed by atoms with Crippen LogP contribution in [0.2, 0.25) is 0 Å². The monoisotopic (exact) mass is 258 g/mol. The summed E-state index contributed by atoms with van der Waals surface area (Å²) in [6, 6.07) is 10.2. The number of aliphatic imine (C=N–C) groups is 1. The molecule has 3 rings (SSSR count). The van der Waals surface area contributed by atoms with E-state index >= 15 is 0 Å². The molecule has 0 amide bonds. The molecule has 0 saturated heterocycles. The van der Waals surface area contributed by atoms with Crippen LogP contribution in [-0.4, -0.2) is 37.2 Å². The minimum Gasteiger partial charge on any atom is -0.479 e. The minimum absolute atomic E-state index is 0.688. The summed E-state index contributed by atoms with van der Waals surface area (Å²) in [6.07, 6.45) is 0.941. The molecule has 100 valence electrons. The standard InChI is InChI=1S/C14H18N4O/c1-2-5-12-11(4-1)10-13(18-12)19-9-3-6-15-14-16-7-8-17-14/h1-2,4-5,10,18H,3,6-9H2,(H2,15,16,17). The molecule has 3 N–H and O–H groups in total. The predicted molar refractivity (Wildman–Crippen MR) is 76.7 cm³/mol. The van der Waals surface area contributed by atoms with Crippen LogP contribution in [0.1, 0.15) is 6.42 Å². The first-order valence-electron chi connectivity index (χ1n) is 6.64. The Hall–Kier alpha value is -2.17. The third-order valence-corrected chi connectivity index (χ3v) is 3.05. The first-order chi connectivity index (χ1) is 9.42. The minimum atomic E-state index is 0.688. The second kappa shape index (κ2) is 5.65. The second-order valence-electron chi connectivity index (χ2n) is 4.51. The van der Waals surface area contributed by atoms with Crippen LogP contribution in [0.4, 0.5) is 0 Å². The Morgan fingerprint density at radius 3 is 3.11 bits per heavy atom. The van der Waals surface area contributed by atoms with Gasteiger partial charge in [-0.15, -0.1) is 0 Å². The van der Waals surface area contributed by atoms with Crippen molar-refractivity contribution in [2.75, 3.05) is 26.2 Å². The number of benzene rings is 1. The zero-order valence-corrected chi connectivity index (χ0v) is 10.8. The SMILES string of the molecule is c1ccc2[nH]c(OCCCNC3=NCCN3)cc2c1. The Labute approximate surface area is 112 Å². The van der Waals surface area contributed by atoms with Crippen LogP contribution >= 0.6 is 0 Å². The van der Waals surface area contributed by atoms with Gasteiger partial charge in [0.1, 0.15) is 0 Å². The lowest BCUT2D eigenvalue weighted by Crippen LogP contribution is -2.34. The van der Waals surface area contributed by atoms with E-state index in [0.29, 0.717) is 6.61 Å². The summed E-state index contributed by atoms with van der Waals surface area (Å²) in [7, 11) is 0. The quantitative estimate of drug-likeness (QED) is 0.712. The van der Waals surface area contributed by atoms with E-state index in [4.69, 9.17) is 4.74 Å². The molecule has 1 aliphatic heterocycles. The maximum Gasteiger partial charge on any atom is 0.191 e. The van der Waals surface area contributed by atoms with E-state index in [9.17, 15) is 0 Å². The molecule has 19 heavy (non-hydrogen) atoms. The lowest BCUT2D eigenvalue weighted by molar-refractivity contribution is 0.302. The van der Waals surface area contributed by atoms with Crippen LogP contribution in [0.25, 0.3) is 10.9 Å². The summed E-state index contributed by atoms with van der Waals surface area (Å²) in [5, 5.41) is 7.60. The van der Waals surface area contributed by atoms with Gasteiger partial charge in [-0.05, 0) is 12.5 Å². The van der Waals surface area contributed by atoms with E-state index in [-0.39, 0.29) is 0 Å². The molecule has 0 radical (unpaired) electrons. The Bertz CT molecular complexity index is 543. The van der Waals surface area contributed by atoms with Gasteiger partial charge in [0.2, 0.25) is 0 Å². The number of hydrogen-bond donors (Lipinski definition) is 3. The summed E-state index contributed by atoms with van der Waals surface area (Å²) in [5.41, 5.74) is 1.11. The molecule has 2 heterocycles. The van der Waals surface area contributed by atoms with Crippen molar-refractivity contribution < 1.29 is 4.74 Å². The summed E-state index contributed by atoms with van der Waals surface area (Å²) >= 11 is 0. The third kappa shape index (κ3) is 2.99. The zero-order chi connectivity index (χ0) is 12.9. The van der Waals surface area contributed by atoms with Gasteiger partial charge in [0.25, 0.3) is 0 Å². The Balaban J connectivity index is 1.42. The number of fused-ring (bicyclic) bond motifs is 1. The molecular formula is C14H18N4O. The molecule has 2 aromatic rings. The van der Waals surface area contributed by atoms with Gasteiger partial charge in [0.05, 0.1) is 13.2 Å². The van der Waals surface area contributed by atoms with Crippen molar-refractivity contribution in [1.29, 1.82) is 0 Å². The lowest BCUT2D eigenvalue weighted by atomic mass is 10.3. The van der Waals surface area contributed by atoms with Crippen molar-refractivity contribution in [2.45, 2.75) is 6.42 Å². The van der Waals surface area contributed by atoms with Gasteiger partial charge in [0, 0.05) is 30.1 Å². The van der Waals surface area contributed by atoms with Crippen molar-refractivity contribution in [3.8, 4) is 5.88 Å². The second-order valence-corrected chi connectivity index (χ2v) is 4.51. The van der Waals surface area contributed by atoms with Crippen molar-refractivity contribution >= 4 is 16.9 Å². The van der Waals surface area contributed by atoms with Crippen molar-refractivity contribution in [2.24, 2.45) is 4.99 Å². The average molecular weight is 258 g/mol. The molecule has 0 aliphatic carbocycles. The normalized spacial score (nSPS) is 14.2. The fraction of sp³-hybridized carbons (Fsp3) is 0.357. The van der Waals surface area contributed by atoms with E-state index in [2.05, 4.69) is 26.7 Å². The molecule has 0 saturated carbocycles. The van der Waals surface area contributed by atoms with Crippen LogP contribution in [0.5, 0.6) is 5.88 Å². The van der Waals surface area contributed by atoms with Gasteiger partial charge in [0.15, 0.2) is 11.8 Å². The topological polar surface area (TPSA) is 61.4 Å². The van der Waals surface area contributed by atoms with Crippen LogP contribution in [0, 0.1) is 0 Å². The van der Waals surface area contributed by atoms with E-state index in [1.165, 1.54) is 5.39 Å². The van der Waals surface area contributed by atoms with Crippen molar-refractivity contribution in [3.63, 3.8) is 0 Å². The highest BCUT2D eigenvalue weighted by Gasteiger charge is 2.03. The molecule has 0 atom stereocenters. The lowest BCUT2D eigenvalue weighted by Gasteiger charge is -2.06. The Morgan fingerprint density at radius 1 is 1.32 bits per heavy atom.